The summed E-state index contributed by atoms with van der Waals surface area (Å²) in [6, 6.07) is -0.714. The molecule has 1 aliphatic rings. The Balaban J connectivity index is -0.000000454. The van der Waals surface area contributed by atoms with Crippen molar-refractivity contribution in [1.82, 2.24) is 6.15 Å². The molecule has 8 nitrogen and oxygen atoms in total. The second-order valence-corrected chi connectivity index (χ2v) is 30.6. The predicted octanol–water partition coefficient (Wildman–Crippen LogP) is 21.7. The van der Waals surface area contributed by atoms with Crippen LogP contribution in [0, 0.1) is 10.1 Å². The second kappa shape index (κ2) is 82.9. The Bertz CT molecular complexity index is 1160. The van der Waals surface area contributed by atoms with Crippen molar-refractivity contribution < 1.29 is 52.8 Å². The maximum Gasteiger partial charge on any atom is 0.259 e. The molecule has 0 spiro atoms. The fraction of sp³-hybridized carbons (Fsp3) is 1.00. The minimum Gasteiger partial charge on any atom is -1.00 e. The molecule has 0 amide bonds. The average molecular weight is 1450 g/mol. The summed E-state index contributed by atoms with van der Waals surface area (Å²) < 4.78 is 12.1. The SMILES string of the molecule is CCCCCCCCCCCCCCCCCC[N+](C)(C)CCCCCCCCCCCCCCCCCC.CCCCCCCCCCCCCCCCCC[N+](C)(C)CCCCCCCCCCCCCCCCCC.N.O=[N+]([O-])C1COC(Br)OC1.[Br-].[Cl-]. The highest BCUT2D eigenvalue weighted by atomic mass is 79.9. The third kappa shape index (κ3) is 86.5. The van der Waals surface area contributed by atoms with E-state index in [0.29, 0.717) is 0 Å². The van der Waals surface area contributed by atoms with Crippen molar-refractivity contribution in [3.05, 3.63) is 10.1 Å². The van der Waals surface area contributed by atoms with Crippen molar-refractivity contribution in [2.75, 3.05) is 67.6 Å². The Morgan fingerprint density at radius 3 is 0.538 bits per heavy atom. The van der Waals surface area contributed by atoms with Gasteiger partial charge in [-0.15, -0.1) is 0 Å². The van der Waals surface area contributed by atoms with E-state index in [9.17, 15) is 10.1 Å². The fourth-order valence-corrected chi connectivity index (χ4v) is 13.5. The van der Waals surface area contributed by atoms with Gasteiger partial charge in [-0.1, -0.05) is 387 Å². The molecule has 91 heavy (non-hydrogen) atoms. The maximum atomic E-state index is 10.1. The summed E-state index contributed by atoms with van der Waals surface area (Å²) in [5.74, 6) is 0. The highest BCUT2D eigenvalue weighted by Gasteiger charge is 2.28. The number of halogens is 3. The molecule has 0 atom stereocenters. The molecule has 1 rings (SSSR count). The van der Waals surface area contributed by atoms with Gasteiger partial charge in [0.1, 0.15) is 13.2 Å². The minimum atomic E-state index is -0.714. The summed E-state index contributed by atoms with van der Waals surface area (Å²) >= 11 is 3.00. The third-order valence-electron chi connectivity index (χ3n) is 19.6. The highest BCUT2D eigenvalue weighted by molar-refractivity contribution is 9.09. The summed E-state index contributed by atoms with van der Waals surface area (Å²) in [7, 11) is 9.87. The van der Waals surface area contributed by atoms with Gasteiger partial charge in [0, 0.05) is 4.92 Å². The minimum absolute atomic E-state index is 0. The number of alkyl halides is 1. The molecule has 1 saturated heterocycles. The fourth-order valence-electron chi connectivity index (χ4n) is 13.2. The van der Waals surface area contributed by atoms with Crippen molar-refractivity contribution in [3.8, 4) is 0 Å². The topological polar surface area (TPSA) is 96.6 Å². The lowest BCUT2D eigenvalue weighted by Gasteiger charge is -2.30. The lowest BCUT2D eigenvalue weighted by atomic mass is 10.0. The molecule has 554 valence electrons. The zero-order valence-corrected chi connectivity index (χ0v) is 67.4. The summed E-state index contributed by atoms with van der Waals surface area (Å²) in [6.07, 6.45) is 93.9. The number of nitrogens with zero attached hydrogens (tertiary/aromatic N) is 3. The monoisotopic (exact) mass is 1440 g/mol. The molecule has 0 aromatic rings. The molecule has 0 radical (unpaired) electrons. The predicted molar refractivity (Wildman–Crippen MR) is 402 cm³/mol. The number of hydrogen-bond acceptors (Lipinski definition) is 5. The first-order valence-electron chi connectivity index (χ1n) is 40.6. The van der Waals surface area contributed by atoms with Crippen LogP contribution in [0.5, 0.6) is 0 Å². The number of rotatable bonds is 69. The van der Waals surface area contributed by atoms with Crippen LogP contribution in [-0.2, 0) is 9.47 Å². The Kier molecular flexibility index (Phi) is 91.2. The number of nitro groups is 1. The van der Waals surface area contributed by atoms with E-state index >= 15 is 0 Å². The molecule has 0 aromatic carbocycles. The van der Waals surface area contributed by atoms with E-state index in [2.05, 4.69) is 71.8 Å². The third-order valence-corrected chi connectivity index (χ3v) is 20.1. The van der Waals surface area contributed by atoms with Crippen LogP contribution in [0.1, 0.15) is 439 Å². The van der Waals surface area contributed by atoms with Crippen LogP contribution >= 0.6 is 15.9 Å². The maximum absolute atomic E-state index is 10.1. The van der Waals surface area contributed by atoms with E-state index in [1.165, 1.54) is 446 Å². The summed E-state index contributed by atoms with van der Waals surface area (Å²) in [5.41, 5.74) is 0. The molecular formula is C80H169Br2ClN4O4. The lowest BCUT2D eigenvalue weighted by Crippen LogP contribution is -3.00. The molecule has 0 saturated carbocycles. The van der Waals surface area contributed by atoms with E-state index in [4.69, 9.17) is 9.47 Å². The Morgan fingerprint density at radius 1 is 0.297 bits per heavy atom. The van der Waals surface area contributed by atoms with Crippen LogP contribution in [0.25, 0.3) is 0 Å². The van der Waals surface area contributed by atoms with Gasteiger partial charge in [-0.3, -0.25) is 10.1 Å². The van der Waals surface area contributed by atoms with Crippen LogP contribution in [0.3, 0.4) is 0 Å². The smallest absolute Gasteiger partial charge is 0.259 e. The largest absolute Gasteiger partial charge is 1.00 e. The van der Waals surface area contributed by atoms with E-state index in [-0.39, 0.29) is 48.8 Å². The molecule has 0 aromatic heterocycles. The molecule has 1 heterocycles. The van der Waals surface area contributed by atoms with Crippen LogP contribution in [0.15, 0.2) is 0 Å². The van der Waals surface area contributed by atoms with Gasteiger partial charge < -0.3 is 54.0 Å². The lowest BCUT2D eigenvalue weighted by molar-refractivity contribution is -0.890. The molecule has 0 bridgehead atoms. The van der Waals surface area contributed by atoms with Crippen LogP contribution in [-0.4, -0.2) is 92.7 Å². The van der Waals surface area contributed by atoms with Crippen molar-refractivity contribution in [2.45, 2.75) is 450 Å². The molecule has 11 heteroatoms. The van der Waals surface area contributed by atoms with Gasteiger partial charge in [-0.05, 0) is 67.3 Å². The van der Waals surface area contributed by atoms with Crippen LogP contribution < -0.4 is 35.5 Å². The standard InChI is InChI=1S/2C38H80N.C4H6BrNO4.BrH.ClH.H3N/c2*1-5-7-9-11-13-15-17-19-21-23-25-27-29-31-33-35-37-39(3,4)38-36-34-32-30-28-26-24-22-20-18-16-14-12-10-8-6-2;5-4-9-1-3(2-10-4)6(7)8;;;/h2*5-38H2,1-4H3;3-4H,1-2H2;2*1H;1H3/q2*+1;;;;/p-2. The summed E-state index contributed by atoms with van der Waals surface area (Å²) in [5, 5.41) is 9.61. The molecule has 0 unspecified atom stereocenters. The first-order chi connectivity index (χ1) is 42.9. The van der Waals surface area contributed by atoms with E-state index in [0.717, 1.165) is 0 Å². The number of unbranched alkanes of at least 4 members (excludes halogenated alkanes) is 60. The van der Waals surface area contributed by atoms with Gasteiger partial charge in [-0.2, -0.15) is 0 Å². The van der Waals surface area contributed by atoms with Crippen LogP contribution in [0.2, 0.25) is 0 Å². The van der Waals surface area contributed by atoms with Gasteiger partial charge in [0.05, 0.1) is 54.4 Å². The summed E-state index contributed by atoms with van der Waals surface area (Å²) in [6.45, 7) is 15.0. The Hall–Kier alpha value is 0.450. The second-order valence-electron chi connectivity index (χ2n) is 29.9. The molecule has 3 N–H and O–H groups in total. The van der Waals surface area contributed by atoms with Crippen LogP contribution in [0.4, 0.5) is 0 Å². The summed E-state index contributed by atoms with van der Waals surface area (Å²) in [4.78, 5) is 9.69. The normalized spacial score (nSPS) is 14.0. The average Bonchev–Trinajstić information content (AvgIpc) is 3.28. The number of hydrogen-bond donors (Lipinski definition) is 1. The quantitative estimate of drug-likeness (QED) is 0.0215. The van der Waals surface area contributed by atoms with Crippen molar-refractivity contribution in [1.29, 1.82) is 0 Å². The molecule has 1 fully saturated rings. The van der Waals surface area contributed by atoms with Gasteiger partial charge in [0.25, 0.3) is 6.04 Å². The number of quaternary nitrogens is 2. The molecule has 1 aliphatic heterocycles. The van der Waals surface area contributed by atoms with Gasteiger partial charge in [0.2, 0.25) is 5.20 Å². The van der Waals surface area contributed by atoms with Gasteiger partial charge in [-0.25, -0.2) is 0 Å². The van der Waals surface area contributed by atoms with Crippen molar-refractivity contribution in [3.63, 3.8) is 0 Å². The molecular weight excluding hydrogens is 1280 g/mol. The van der Waals surface area contributed by atoms with E-state index in [1.807, 2.05) is 0 Å². The first-order valence-corrected chi connectivity index (χ1v) is 41.5. The zero-order chi connectivity index (χ0) is 64.6. The zero-order valence-electron chi connectivity index (χ0n) is 63.5. The van der Waals surface area contributed by atoms with Crippen molar-refractivity contribution >= 4 is 15.9 Å². The van der Waals surface area contributed by atoms with E-state index in [1.54, 1.807) is 0 Å². The Morgan fingerprint density at radius 2 is 0.418 bits per heavy atom. The molecule has 0 aliphatic carbocycles. The van der Waals surface area contributed by atoms with Gasteiger partial charge >= 0.3 is 0 Å². The van der Waals surface area contributed by atoms with Gasteiger partial charge in [0.15, 0.2) is 0 Å². The highest BCUT2D eigenvalue weighted by Crippen LogP contribution is 2.20. The van der Waals surface area contributed by atoms with Crippen molar-refractivity contribution in [2.24, 2.45) is 0 Å². The Labute approximate surface area is 598 Å². The first kappa shape index (κ1) is 100. The number of ether oxygens (including phenoxy) is 2. The van der Waals surface area contributed by atoms with E-state index < -0.39 is 16.2 Å².